The van der Waals surface area contributed by atoms with Crippen LogP contribution in [0, 0.1) is 0 Å². The Kier molecular flexibility index (Phi) is 5.25. The molecule has 2 aliphatic rings. The molecule has 1 atom stereocenters. The lowest BCUT2D eigenvalue weighted by Crippen LogP contribution is -2.33. The van der Waals surface area contributed by atoms with Gasteiger partial charge in [0.1, 0.15) is 5.75 Å². The molecule has 21 heavy (non-hydrogen) atoms. The van der Waals surface area contributed by atoms with Gasteiger partial charge in [-0.3, -0.25) is 4.90 Å². The third kappa shape index (κ3) is 4.01. The predicted octanol–water partition coefficient (Wildman–Crippen LogP) is 3.94. The summed E-state index contributed by atoms with van der Waals surface area (Å²) in [6.45, 7) is 6.02. The molecule has 3 nitrogen and oxygen atoms in total. The van der Waals surface area contributed by atoms with E-state index in [0.29, 0.717) is 12.6 Å². The van der Waals surface area contributed by atoms with E-state index in [0.717, 1.165) is 27.3 Å². The zero-order chi connectivity index (χ0) is 14.8. The molecule has 1 aromatic rings. The zero-order valence-corrected chi connectivity index (χ0v) is 15.5. The van der Waals surface area contributed by atoms with Crippen molar-refractivity contribution in [1.29, 1.82) is 0 Å². The molecular weight excluding hydrogens is 396 g/mol. The summed E-state index contributed by atoms with van der Waals surface area (Å²) in [5, 5.41) is 3.70. The SMILES string of the molecule is CCOc1c(Br)cc(Br)cc1CNC1CCN(C2CC2)C1. The van der Waals surface area contributed by atoms with Crippen LogP contribution in [0.1, 0.15) is 31.7 Å². The highest BCUT2D eigenvalue weighted by molar-refractivity contribution is 9.11. The van der Waals surface area contributed by atoms with Gasteiger partial charge in [0.25, 0.3) is 0 Å². The number of ether oxygens (including phenoxy) is 1. The molecule has 3 rings (SSSR count). The minimum Gasteiger partial charge on any atom is -0.492 e. The summed E-state index contributed by atoms with van der Waals surface area (Å²) >= 11 is 7.17. The first-order valence-corrected chi connectivity index (χ1v) is 9.34. The second-order valence-corrected chi connectivity index (χ2v) is 7.67. The molecule has 116 valence electrons. The smallest absolute Gasteiger partial charge is 0.138 e. The summed E-state index contributed by atoms with van der Waals surface area (Å²) in [4.78, 5) is 2.64. The lowest BCUT2D eigenvalue weighted by atomic mass is 10.1. The average molecular weight is 418 g/mol. The van der Waals surface area contributed by atoms with E-state index >= 15 is 0 Å². The number of likely N-dealkylation sites (tertiary alicyclic amines) is 1. The van der Waals surface area contributed by atoms with Crippen molar-refractivity contribution in [3.05, 3.63) is 26.6 Å². The van der Waals surface area contributed by atoms with Crippen LogP contribution in [0.5, 0.6) is 5.75 Å². The van der Waals surface area contributed by atoms with E-state index in [9.17, 15) is 0 Å². The Hall–Kier alpha value is -0.100. The van der Waals surface area contributed by atoms with Gasteiger partial charge in [-0.25, -0.2) is 0 Å². The number of nitrogens with zero attached hydrogens (tertiary/aromatic N) is 1. The van der Waals surface area contributed by atoms with E-state index in [1.165, 1.54) is 37.9 Å². The molecule has 1 aliphatic carbocycles. The molecule has 1 aliphatic heterocycles. The molecule has 0 aromatic heterocycles. The molecule has 1 saturated carbocycles. The first-order chi connectivity index (χ1) is 10.2. The third-order valence-corrected chi connectivity index (χ3v) is 5.28. The Morgan fingerprint density at radius 1 is 1.29 bits per heavy atom. The molecule has 1 N–H and O–H groups in total. The summed E-state index contributed by atoms with van der Waals surface area (Å²) in [6, 6.07) is 5.68. The second kappa shape index (κ2) is 6.99. The number of benzene rings is 1. The minimum absolute atomic E-state index is 0.609. The number of hydrogen-bond acceptors (Lipinski definition) is 3. The summed E-state index contributed by atoms with van der Waals surface area (Å²) in [6.07, 6.45) is 4.06. The second-order valence-electron chi connectivity index (χ2n) is 5.90. The summed E-state index contributed by atoms with van der Waals surface area (Å²) in [5.74, 6) is 0.963. The topological polar surface area (TPSA) is 24.5 Å². The van der Waals surface area contributed by atoms with E-state index in [4.69, 9.17) is 4.74 Å². The first-order valence-electron chi connectivity index (χ1n) is 7.75. The Bertz CT molecular complexity index is 505. The molecule has 2 fully saturated rings. The van der Waals surface area contributed by atoms with Gasteiger partial charge < -0.3 is 10.1 Å². The van der Waals surface area contributed by atoms with Crippen molar-refractivity contribution in [2.75, 3.05) is 19.7 Å². The first kappa shape index (κ1) is 15.8. The predicted molar refractivity (Wildman–Crippen MR) is 92.9 cm³/mol. The summed E-state index contributed by atoms with van der Waals surface area (Å²) in [5.41, 5.74) is 1.21. The molecule has 5 heteroatoms. The summed E-state index contributed by atoms with van der Waals surface area (Å²) < 4.78 is 7.89. The third-order valence-electron chi connectivity index (χ3n) is 4.24. The maximum atomic E-state index is 5.79. The Labute approximate surface area is 143 Å². The molecule has 1 saturated heterocycles. The van der Waals surface area contributed by atoms with Crippen molar-refractivity contribution in [2.45, 2.75) is 44.8 Å². The lowest BCUT2D eigenvalue weighted by Gasteiger charge is -2.18. The molecule has 0 radical (unpaired) electrons. The maximum Gasteiger partial charge on any atom is 0.138 e. The Morgan fingerprint density at radius 3 is 2.81 bits per heavy atom. The van der Waals surface area contributed by atoms with Crippen molar-refractivity contribution in [3.8, 4) is 5.75 Å². The highest BCUT2D eigenvalue weighted by Gasteiger charge is 2.34. The summed E-state index contributed by atoms with van der Waals surface area (Å²) in [7, 11) is 0. The molecule has 1 heterocycles. The molecule has 0 bridgehead atoms. The van der Waals surface area contributed by atoms with Crippen molar-refractivity contribution in [1.82, 2.24) is 10.2 Å². The van der Waals surface area contributed by atoms with Crippen molar-refractivity contribution in [3.63, 3.8) is 0 Å². The number of nitrogens with one attached hydrogen (secondary N) is 1. The van der Waals surface area contributed by atoms with Crippen LogP contribution in [-0.2, 0) is 6.54 Å². The number of halogens is 2. The lowest BCUT2D eigenvalue weighted by molar-refractivity contribution is 0.315. The number of hydrogen-bond donors (Lipinski definition) is 1. The van der Waals surface area contributed by atoms with Gasteiger partial charge in [-0.05, 0) is 54.2 Å². The van der Waals surface area contributed by atoms with E-state index in [1.807, 2.05) is 13.0 Å². The molecule has 1 unspecified atom stereocenters. The van der Waals surface area contributed by atoms with E-state index in [1.54, 1.807) is 0 Å². The highest BCUT2D eigenvalue weighted by atomic mass is 79.9. The fourth-order valence-electron chi connectivity index (χ4n) is 3.03. The molecular formula is C16H22Br2N2O. The van der Waals surface area contributed by atoms with Crippen molar-refractivity contribution >= 4 is 31.9 Å². The fraction of sp³-hybridized carbons (Fsp3) is 0.625. The van der Waals surface area contributed by atoms with Crippen molar-refractivity contribution < 1.29 is 4.74 Å². The van der Waals surface area contributed by atoms with Crippen LogP contribution in [0.2, 0.25) is 0 Å². The van der Waals surface area contributed by atoms with Gasteiger partial charge in [-0.15, -0.1) is 0 Å². The Balaban J connectivity index is 1.61. The van der Waals surface area contributed by atoms with Crippen LogP contribution in [0.3, 0.4) is 0 Å². The van der Waals surface area contributed by atoms with Gasteiger partial charge in [0.15, 0.2) is 0 Å². The fourth-order valence-corrected chi connectivity index (χ4v) is 4.46. The van der Waals surface area contributed by atoms with E-state index in [-0.39, 0.29) is 0 Å². The van der Waals surface area contributed by atoms with Gasteiger partial charge in [-0.1, -0.05) is 15.9 Å². The Morgan fingerprint density at radius 2 is 2.10 bits per heavy atom. The maximum absolute atomic E-state index is 5.79. The number of rotatable bonds is 6. The van der Waals surface area contributed by atoms with Gasteiger partial charge in [0, 0.05) is 41.8 Å². The van der Waals surface area contributed by atoms with E-state index < -0.39 is 0 Å². The standard InChI is InChI=1S/C16H22Br2N2O/c1-2-21-16-11(7-12(17)8-15(16)18)9-19-13-5-6-20(10-13)14-3-4-14/h7-8,13-14,19H,2-6,9-10H2,1H3. The largest absolute Gasteiger partial charge is 0.492 e. The van der Waals surface area contributed by atoms with Crippen LogP contribution in [0.4, 0.5) is 0 Å². The molecule has 0 amide bonds. The van der Waals surface area contributed by atoms with Crippen LogP contribution < -0.4 is 10.1 Å². The van der Waals surface area contributed by atoms with Crippen molar-refractivity contribution in [2.24, 2.45) is 0 Å². The van der Waals surface area contributed by atoms with Crippen LogP contribution >= 0.6 is 31.9 Å². The van der Waals surface area contributed by atoms with E-state index in [2.05, 4.69) is 48.1 Å². The van der Waals surface area contributed by atoms with Crippen LogP contribution in [0.25, 0.3) is 0 Å². The highest BCUT2D eigenvalue weighted by Crippen LogP contribution is 2.33. The monoisotopic (exact) mass is 416 g/mol. The molecule has 1 aromatic carbocycles. The van der Waals surface area contributed by atoms with Crippen LogP contribution in [0.15, 0.2) is 21.1 Å². The quantitative estimate of drug-likeness (QED) is 0.758. The van der Waals surface area contributed by atoms with Gasteiger partial charge in [0.05, 0.1) is 11.1 Å². The minimum atomic E-state index is 0.609. The van der Waals surface area contributed by atoms with Crippen LogP contribution in [-0.4, -0.2) is 36.7 Å². The van der Waals surface area contributed by atoms with Gasteiger partial charge in [0.2, 0.25) is 0 Å². The normalized spacial score (nSPS) is 22.7. The molecule has 0 spiro atoms. The van der Waals surface area contributed by atoms with Gasteiger partial charge in [-0.2, -0.15) is 0 Å². The zero-order valence-electron chi connectivity index (χ0n) is 12.4. The average Bonchev–Trinajstić information content (AvgIpc) is 3.19. The van der Waals surface area contributed by atoms with Gasteiger partial charge >= 0.3 is 0 Å².